The summed E-state index contributed by atoms with van der Waals surface area (Å²) in [5.74, 6) is 0.537. The molecular weight excluding hydrogens is 234 g/mol. The Bertz CT molecular complexity index is 461. The van der Waals surface area contributed by atoms with E-state index in [4.69, 9.17) is 9.25 Å². The Kier molecular flexibility index (Phi) is 2.79. The molecule has 0 bridgehead atoms. The van der Waals surface area contributed by atoms with Crippen LogP contribution in [0, 0.1) is 0 Å². The number of nitrogens with zero attached hydrogens (tertiary/aromatic N) is 1. The van der Waals surface area contributed by atoms with Crippen LogP contribution in [-0.4, -0.2) is 30.3 Å². The van der Waals surface area contributed by atoms with Crippen molar-refractivity contribution in [2.24, 2.45) is 5.16 Å². The zero-order valence-electron chi connectivity index (χ0n) is 9.94. The molecular formula is C12H15N3O3. The van der Waals surface area contributed by atoms with Crippen molar-refractivity contribution in [1.82, 2.24) is 10.6 Å². The highest BCUT2D eigenvalue weighted by atomic mass is 16.7. The van der Waals surface area contributed by atoms with Crippen LogP contribution in [0.2, 0.25) is 0 Å². The van der Waals surface area contributed by atoms with Gasteiger partial charge in [-0.1, -0.05) is 5.16 Å². The van der Waals surface area contributed by atoms with Crippen molar-refractivity contribution in [3.05, 3.63) is 24.2 Å². The van der Waals surface area contributed by atoms with Crippen molar-refractivity contribution < 1.29 is 14.0 Å². The predicted octanol–water partition coefficient (Wildman–Crippen LogP) is 0.404. The molecule has 6 heteroatoms. The average Bonchev–Trinajstić information content (AvgIpc) is 3.10. The van der Waals surface area contributed by atoms with Crippen LogP contribution in [0.3, 0.4) is 0 Å². The predicted molar refractivity (Wildman–Crippen MR) is 63.9 cm³/mol. The van der Waals surface area contributed by atoms with Gasteiger partial charge in [0.25, 0.3) is 5.91 Å². The highest BCUT2D eigenvalue weighted by Gasteiger charge is 2.43. The summed E-state index contributed by atoms with van der Waals surface area (Å²) in [6.45, 7) is 2.04. The largest absolute Gasteiger partial charge is 0.467 e. The normalized spacial score (nSPS) is 26.1. The third-order valence-corrected chi connectivity index (χ3v) is 3.31. The van der Waals surface area contributed by atoms with Gasteiger partial charge in [0.05, 0.1) is 12.8 Å². The lowest BCUT2D eigenvalue weighted by molar-refractivity contribution is -0.115. The lowest BCUT2D eigenvalue weighted by Crippen LogP contribution is -2.35. The summed E-state index contributed by atoms with van der Waals surface area (Å²) < 4.78 is 5.14. The number of hydrogen-bond donors (Lipinski definition) is 2. The van der Waals surface area contributed by atoms with E-state index in [2.05, 4.69) is 15.8 Å². The second-order valence-corrected chi connectivity index (χ2v) is 4.68. The lowest BCUT2D eigenvalue weighted by Gasteiger charge is -2.18. The summed E-state index contributed by atoms with van der Waals surface area (Å²) in [4.78, 5) is 17.3. The average molecular weight is 249 g/mol. The van der Waals surface area contributed by atoms with Crippen LogP contribution in [0.5, 0.6) is 0 Å². The fourth-order valence-electron chi connectivity index (χ4n) is 2.28. The number of carbonyl (C=O) groups excluding carboxylic acids is 1. The number of carbonyl (C=O) groups is 1. The van der Waals surface area contributed by atoms with E-state index in [1.807, 2.05) is 6.07 Å². The van der Waals surface area contributed by atoms with Crippen LogP contribution in [-0.2, 0) is 16.2 Å². The molecule has 0 aromatic carbocycles. The molecule has 3 heterocycles. The molecule has 1 aromatic heterocycles. The van der Waals surface area contributed by atoms with Crippen molar-refractivity contribution in [2.45, 2.75) is 25.0 Å². The van der Waals surface area contributed by atoms with Gasteiger partial charge in [-0.05, 0) is 18.7 Å². The summed E-state index contributed by atoms with van der Waals surface area (Å²) in [6, 6.07) is 3.60. The van der Waals surface area contributed by atoms with Gasteiger partial charge in [-0.25, -0.2) is 0 Å². The maximum Gasteiger partial charge on any atom is 0.269 e. The molecule has 1 saturated heterocycles. The maximum absolute atomic E-state index is 11.9. The Balaban J connectivity index is 1.54. The van der Waals surface area contributed by atoms with Gasteiger partial charge in [-0.3, -0.25) is 4.79 Å². The second-order valence-electron chi connectivity index (χ2n) is 4.68. The van der Waals surface area contributed by atoms with Gasteiger partial charge in [-0.15, -0.1) is 0 Å². The number of nitrogens with one attached hydrogen (secondary N) is 2. The monoisotopic (exact) mass is 249 g/mol. The third-order valence-electron chi connectivity index (χ3n) is 3.31. The molecule has 3 rings (SSSR count). The highest BCUT2D eigenvalue weighted by molar-refractivity contribution is 6.39. The SMILES string of the molecule is O=C(NCc1ccco1)C1=NOC2(CCNC2)C1. The van der Waals surface area contributed by atoms with E-state index >= 15 is 0 Å². The first-order valence-corrected chi connectivity index (χ1v) is 6.04. The molecule has 1 amide bonds. The van der Waals surface area contributed by atoms with E-state index in [1.165, 1.54) is 0 Å². The van der Waals surface area contributed by atoms with E-state index in [0.717, 1.165) is 25.3 Å². The molecule has 2 N–H and O–H groups in total. The molecule has 2 aliphatic rings. The Hall–Kier alpha value is -1.82. The van der Waals surface area contributed by atoms with Crippen molar-refractivity contribution in [2.75, 3.05) is 13.1 Å². The molecule has 1 unspecified atom stereocenters. The van der Waals surface area contributed by atoms with E-state index in [-0.39, 0.29) is 11.5 Å². The van der Waals surface area contributed by atoms with Crippen molar-refractivity contribution in [1.29, 1.82) is 0 Å². The molecule has 18 heavy (non-hydrogen) atoms. The van der Waals surface area contributed by atoms with Crippen LogP contribution >= 0.6 is 0 Å². The summed E-state index contributed by atoms with van der Waals surface area (Å²) in [5, 5.41) is 9.90. The third kappa shape index (κ3) is 2.11. The molecule has 96 valence electrons. The smallest absolute Gasteiger partial charge is 0.269 e. The van der Waals surface area contributed by atoms with Gasteiger partial charge in [-0.2, -0.15) is 0 Å². The summed E-state index contributed by atoms with van der Waals surface area (Å²) in [7, 11) is 0. The zero-order chi connectivity index (χ0) is 12.4. The van der Waals surface area contributed by atoms with Gasteiger partial charge in [0.1, 0.15) is 11.5 Å². The number of rotatable bonds is 3. The molecule has 0 radical (unpaired) electrons. The van der Waals surface area contributed by atoms with Crippen molar-refractivity contribution >= 4 is 11.6 Å². The highest BCUT2D eigenvalue weighted by Crippen LogP contribution is 2.29. The number of hydrogen-bond acceptors (Lipinski definition) is 5. The second kappa shape index (κ2) is 4.45. The van der Waals surface area contributed by atoms with Gasteiger partial charge < -0.3 is 19.9 Å². The first-order chi connectivity index (χ1) is 8.77. The number of furan rings is 1. The fourth-order valence-corrected chi connectivity index (χ4v) is 2.28. The lowest BCUT2D eigenvalue weighted by atomic mass is 9.96. The summed E-state index contributed by atoms with van der Waals surface area (Å²) in [5.41, 5.74) is 0.169. The van der Waals surface area contributed by atoms with E-state index < -0.39 is 0 Å². The van der Waals surface area contributed by atoms with Crippen LogP contribution in [0.4, 0.5) is 0 Å². The number of amides is 1. The maximum atomic E-state index is 11.9. The summed E-state index contributed by atoms with van der Waals surface area (Å²) in [6.07, 6.45) is 3.05. The van der Waals surface area contributed by atoms with Crippen LogP contribution in [0.15, 0.2) is 28.0 Å². The van der Waals surface area contributed by atoms with Crippen LogP contribution in [0.25, 0.3) is 0 Å². The Morgan fingerprint density at radius 3 is 3.28 bits per heavy atom. The quantitative estimate of drug-likeness (QED) is 0.813. The molecule has 0 aliphatic carbocycles. The van der Waals surface area contributed by atoms with Gasteiger partial charge in [0.15, 0.2) is 5.60 Å². The molecule has 1 spiro atoms. The fraction of sp³-hybridized carbons (Fsp3) is 0.500. The topological polar surface area (TPSA) is 75.9 Å². The Morgan fingerprint density at radius 1 is 1.61 bits per heavy atom. The minimum absolute atomic E-state index is 0.185. The van der Waals surface area contributed by atoms with E-state index in [0.29, 0.717) is 18.7 Å². The molecule has 1 fully saturated rings. The first kappa shape index (κ1) is 11.3. The minimum Gasteiger partial charge on any atom is -0.467 e. The van der Waals surface area contributed by atoms with E-state index in [9.17, 15) is 4.79 Å². The molecule has 2 aliphatic heterocycles. The minimum atomic E-state index is -0.294. The Labute approximate surface area is 104 Å². The molecule has 6 nitrogen and oxygen atoms in total. The number of oxime groups is 1. The van der Waals surface area contributed by atoms with Crippen LogP contribution in [0.1, 0.15) is 18.6 Å². The van der Waals surface area contributed by atoms with Crippen LogP contribution < -0.4 is 10.6 Å². The van der Waals surface area contributed by atoms with Gasteiger partial charge in [0, 0.05) is 19.4 Å². The molecule has 1 aromatic rings. The zero-order valence-corrected chi connectivity index (χ0v) is 9.94. The summed E-state index contributed by atoms with van der Waals surface area (Å²) >= 11 is 0. The Morgan fingerprint density at radius 2 is 2.56 bits per heavy atom. The van der Waals surface area contributed by atoms with Gasteiger partial charge in [0.2, 0.25) is 0 Å². The first-order valence-electron chi connectivity index (χ1n) is 6.04. The molecule has 1 atom stereocenters. The van der Waals surface area contributed by atoms with Gasteiger partial charge >= 0.3 is 0 Å². The standard InChI is InChI=1S/C12H15N3O3/c16-11(14-7-9-2-1-5-17-9)10-6-12(18-15-10)3-4-13-8-12/h1-2,5,13H,3-4,6-8H2,(H,14,16). The molecule has 0 saturated carbocycles. The van der Waals surface area contributed by atoms with Crippen molar-refractivity contribution in [3.63, 3.8) is 0 Å². The van der Waals surface area contributed by atoms with E-state index in [1.54, 1.807) is 12.3 Å². The van der Waals surface area contributed by atoms with Crippen molar-refractivity contribution in [3.8, 4) is 0 Å².